The number of carbonyl (C=O) groups is 3. The Hall–Kier alpha value is -3.55. The highest BCUT2D eigenvalue weighted by molar-refractivity contribution is 6.00. The number of carbonyl (C=O) groups excluding carboxylic acids is 3. The van der Waals surface area contributed by atoms with Crippen LogP contribution in [0.4, 0.5) is 11.4 Å². The second-order valence-electron chi connectivity index (χ2n) is 6.37. The summed E-state index contributed by atoms with van der Waals surface area (Å²) >= 11 is 0. The van der Waals surface area contributed by atoms with Crippen LogP contribution in [-0.2, 0) is 14.4 Å². The predicted molar refractivity (Wildman–Crippen MR) is 103 cm³/mol. The molecule has 3 amide bonds. The summed E-state index contributed by atoms with van der Waals surface area (Å²) in [7, 11) is 1.55. The van der Waals surface area contributed by atoms with Crippen molar-refractivity contribution < 1.29 is 23.9 Å². The highest BCUT2D eigenvalue weighted by atomic mass is 16.5. The molecule has 3 rings (SSSR count). The van der Waals surface area contributed by atoms with Crippen LogP contribution in [0.5, 0.6) is 11.5 Å². The van der Waals surface area contributed by atoms with Gasteiger partial charge in [-0.25, -0.2) is 0 Å². The molecule has 1 aliphatic heterocycles. The molecule has 1 aliphatic rings. The van der Waals surface area contributed by atoms with E-state index < -0.39 is 11.8 Å². The van der Waals surface area contributed by atoms with Gasteiger partial charge in [-0.1, -0.05) is 6.07 Å². The Morgan fingerprint density at radius 1 is 1.18 bits per heavy atom. The van der Waals surface area contributed by atoms with Gasteiger partial charge in [0.2, 0.25) is 11.8 Å². The fraction of sp³-hybridized carbons (Fsp3) is 0.250. The van der Waals surface area contributed by atoms with Gasteiger partial charge >= 0.3 is 0 Å². The minimum atomic E-state index is -0.474. The molecule has 2 aromatic carbocycles. The lowest BCUT2D eigenvalue weighted by molar-refractivity contribution is -0.123. The van der Waals surface area contributed by atoms with E-state index in [1.54, 1.807) is 55.6 Å². The molecule has 0 saturated carbocycles. The third-order valence-electron chi connectivity index (χ3n) is 4.40. The van der Waals surface area contributed by atoms with Gasteiger partial charge in [-0.2, -0.15) is 0 Å². The molecular weight excluding hydrogens is 362 g/mol. The quantitative estimate of drug-likeness (QED) is 0.754. The average molecular weight is 383 g/mol. The van der Waals surface area contributed by atoms with E-state index in [2.05, 4.69) is 5.32 Å². The number of primary amides is 1. The molecule has 1 atom stereocenters. The van der Waals surface area contributed by atoms with Crippen molar-refractivity contribution in [2.45, 2.75) is 6.42 Å². The van der Waals surface area contributed by atoms with Gasteiger partial charge in [0.05, 0.1) is 13.0 Å². The number of rotatable bonds is 7. The normalized spacial score (nSPS) is 16.0. The van der Waals surface area contributed by atoms with Crippen molar-refractivity contribution in [3.8, 4) is 11.5 Å². The molecule has 1 unspecified atom stereocenters. The van der Waals surface area contributed by atoms with Gasteiger partial charge in [-0.15, -0.1) is 0 Å². The Morgan fingerprint density at radius 3 is 2.57 bits per heavy atom. The number of methoxy groups -OCH3 is 1. The van der Waals surface area contributed by atoms with E-state index in [1.807, 2.05) is 0 Å². The smallest absolute Gasteiger partial charge is 0.262 e. The summed E-state index contributed by atoms with van der Waals surface area (Å²) in [6.07, 6.45) is 0.123. The van der Waals surface area contributed by atoms with E-state index in [0.717, 1.165) is 0 Å². The Balaban J connectivity index is 1.53. The van der Waals surface area contributed by atoms with Gasteiger partial charge < -0.3 is 25.4 Å². The highest BCUT2D eigenvalue weighted by Crippen LogP contribution is 2.26. The maximum absolute atomic E-state index is 12.0. The third-order valence-corrected chi connectivity index (χ3v) is 4.40. The lowest BCUT2D eigenvalue weighted by atomic mass is 10.1. The van der Waals surface area contributed by atoms with Gasteiger partial charge in [0.25, 0.3) is 5.91 Å². The van der Waals surface area contributed by atoms with Crippen LogP contribution in [0.2, 0.25) is 0 Å². The second-order valence-corrected chi connectivity index (χ2v) is 6.37. The number of nitrogens with two attached hydrogens (primary N) is 1. The summed E-state index contributed by atoms with van der Waals surface area (Å²) in [5, 5.41) is 2.72. The topological polar surface area (TPSA) is 111 Å². The summed E-state index contributed by atoms with van der Waals surface area (Å²) < 4.78 is 10.6. The Morgan fingerprint density at radius 2 is 1.93 bits per heavy atom. The molecule has 8 heteroatoms. The molecule has 8 nitrogen and oxygen atoms in total. The summed E-state index contributed by atoms with van der Waals surface area (Å²) in [4.78, 5) is 36.9. The van der Waals surface area contributed by atoms with Gasteiger partial charge in [0.1, 0.15) is 11.5 Å². The molecule has 3 N–H and O–H groups in total. The van der Waals surface area contributed by atoms with Crippen molar-refractivity contribution in [3.05, 3.63) is 48.5 Å². The van der Waals surface area contributed by atoms with Crippen LogP contribution in [0, 0.1) is 5.92 Å². The molecule has 1 saturated heterocycles. The lowest BCUT2D eigenvalue weighted by Gasteiger charge is -2.16. The molecule has 2 aromatic rings. The van der Waals surface area contributed by atoms with Gasteiger partial charge in [-0.3, -0.25) is 14.4 Å². The summed E-state index contributed by atoms with van der Waals surface area (Å²) in [5.41, 5.74) is 6.55. The zero-order valence-corrected chi connectivity index (χ0v) is 15.4. The molecule has 0 aliphatic carbocycles. The number of nitrogens with one attached hydrogen (secondary N) is 1. The van der Waals surface area contributed by atoms with Crippen LogP contribution >= 0.6 is 0 Å². The van der Waals surface area contributed by atoms with Crippen LogP contribution in [0.3, 0.4) is 0 Å². The van der Waals surface area contributed by atoms with E-state index in [0.29, 0.717) is 22.9 Å². The first-order chi connectivity index (χ1) is 13.5. The Bertz CT molecular complexity index is 882. The van der Waals surface area contributed by atoms with Gasteiger partial charge in [0.15, 0.2) is 6.61 Å². The first kappa shape index (κ1) is 19.2. The highest BCUT2D eigenvalue weighted by Gasteiger charge is 2.33. The van der Waals surface area contributed by atoms with Crippen molar-refractivity contribution in [2.75, 3.05) is 30.5 Å². The molecular formula is C20H21N3O5. The van der Waals surface area contributed by atoms with Crippen LogP contribution in [-0.4, -0.2) is 38.0 Å². The first-order valence-corrected chi connectivity index (χ1v) is 8.72. The van der Waals surface area contributed by atoms with E-state index in [1.165, 1.54) is 4.90 Å². The minimum Gasteiger partial charge on any atom is -0.497 e. The molecule has 1 fully saturated rings. The molecule has 146 valence electrons. The third kappa shape index (κ3) is 4.59. The Kier molecular flexibility index (Phi) is 5.78. The zero-order valence-electron chi connectivity index (χ0n) is 15.4. The number of hydrogen-bond acceptors (Lipinski definition) is 5. The van der Waals surface area contributed by atoms with Crippen LogP contribution in [0.1, 0.15) is 6.42 Å². The molecule has 0 spiro atoms. The first-order valence-electron chi connectivity index (χ1n) is 8.72. The van der Waals surface area contributed by atoms with Gasteiger partial charge in [-0.05, 0) is 36.4 Å². The number of nitrogens with zero attached hydrogens (tertiary/aromatic N) is 1. The molecule has 0 radical (unpaired) electrons. The fourth-order valence-corrected chi connectivity index (χ4v) is 2.92. The second kappa shape index (κ2) is 8.43. The maximum atomic E-state index is 12.0. The van der Waals surface area contributed by atoms with Crippen molar-refractivity contribution in [1.29, 1.82) is 0 Å². The van der Waals surface area contributed by atoms with Crippen LogP contribution < -0.4 is 25.4 Å². The minimum absolute atomic E-state index is 0.123. The van der Waals surface area contributed by atoms with Crippen LogP contribution in [0.25, 0.3) is 0 Å². The summed E-state index contributed by atoms with van der Waals surface area (Å²) in [6, 6.07) is 13.8. The van der Waals surface area contributed by atoms with Crippen molar-refractivity contribution in [2.24, 2.45) is 11.7 Å². The van der Waals surface area contributed by atoms with Gasteiger partial charge in [0, 0.05) is 30.4 Å². The summed E-state index contributed by atoms with van der Waals surface area (Å²) in [6.45, 7) is 0.111. The monoisotopic (exact) mass is 383 g/mol. The van der Waals surface area contributed by atoms with E-state index >= 15 is 0 Å². The number of ether oxygens (including phenoxy) is 2. The summed E-state index contributed by atoms with van der Waals surface area (Å²) in [5.74, 6) is -0.264. The molecule has 0 aromatic heterocycles. The predicted octanol–water partition coefficient (Wildman–Crippen LogP) is 1.55. The number of amides is 3. The van der Waals surface area contributed by atoms with E-state index in [9.17, 15) is 14.4 Å². The lowest BCUT2D eigenvalue weighted by Crippen LogP contribution is -2.28. The van der Waals surface area contributed by atoms with Crippen molar-refractivity contribution in [1.82, 2.24) is 0 Å². The zero-order chi connectivity index (χ0) is 20.1. The number of benzene rings is 2. The Labute approximate surface area is 162 Å². The molecule has 0 bridgehead atoms. The van der Waals surface area contributed by atoms with E-state index in [-0.39, 0.29) is 31.4 Å². The number of anilines is 2. The molecule has 1 heterocycles. The maximum Gasteiger partial charge on any atom is 0.262 e. The van der Waals surface area contributed by atoms with Crippen molar-refractivity contribution in [3.63, 3.8) is 0 Å². The largest absolute Gasteiger partial charge is 0.497 e. The SMILES string of the molecule is COc1cccc(NC(=O)COc2ccc(N3CC(C(N)=O)CC3=O)cc2)c1. The average Bonchev–Trinajstić information content (AvgIpc) is 3.09. The van der Waals surface area contributed by atoms with E-state index in [4.69, 9.17) is 15.2 Å². The standard InChI is InChI=1S/C20H21N3O5/c1-27-17-4-2-3-14(10-17)22-18(24)12-28-16-7-5-15(6-8-16)23-11-13(20(21)26)9-19(23)25/h2-8,10,13H,9,11-12H2,1H3,(H2,21,26)(H,22,24). The fourth-order valence-electron chi connectivity index (χ4n) is 2.92. The molecule has 28 heavy (non-hydrogen) atoms. The van der Waals surface area contributed by atoms with Crippen molar-refractivity contribution >= 4 is 29.1 Å². The van der Waals surface area contributed by atoms with Crippen LogP contribution in [0.15, 0.2) is 48.5 Å². The number of hydrogen-bond donors (Lipinski definition) is 2.